The molecule has 2 N–H and O–H groups in total. The zero-order valence-electron chi connectivity index (χ0n) is 19.8. The van der Waals surface area contributed by atoms with Crippen molar-refractivity contribution in [2.75, 3.05) is 27.2 Å². The Morgan fingerprint density at radius 1 is 0.848 bits per heavy atom. The SMILES string of the molecule is CC(=O)O.CCC(=C(c1ccc(O)cc1)c1ccc(OCCN(C)C)cc1)c1ccccc1. The third kappa shape index (κ3) is 8.47. The van der Waals surface area contributed by atoms with Crippen LogP contribution in [-0.4, -0.2) is 48.3 Å². The van der Waals surface area contributed by atoms with Crippen molar-refractivity contribution >= 4 is 17.1 Å². The average molecular weight is 448 g/mol. The van der Waals surface area contributed by atoms with Gasteiger partial charge in [-0.3, -0.25) is 4.79 Å². The van der Waals surface area contributed by atoms with Gasteiger partial charge in [0, 0.05) is 13.5 Å². The van der Waals surface area contributed by atoms with E-state index in [9.17, 15) is 5.11 Å². The van der Waals surface area contributed by atoms with Gasteiger partial charge in [-0.2, -0.15) is 0 Å². The van der Waals surface area contributed by atoms with Gasteiger partial charge < -0.3 is 19.8 Å². The molecule has 174 valence electrons. The fraction of sp³-hybridized carbons (Fsp3) is 0.250. The number of carboxylic acids is 1. The maximum Gasteiger partial charge on any atom is 0.300 e. The number of aromatic hydroxyl groups is 1. The second-order valence-corrected chi connectivity index (χ2v) is 7.82. The second kappa shape index (κ2) is 13.1. The Morgan fingerprint density at radius 2 is 1.36 bits per heavy atom. The highest BCUT2D eigenvalue weighted by Crippen LogP contribution is 2.35. The standard InChI is InChI=1S/C26H29NO2.C2H4O2/c1-4-25(20-8-6-5-7-9-20)26(21-10-14-23(28)15-11-21)22-12-16-24(17-13-22)29-19-18-27(2)3;1-2(3)4/h5-17,28H,4,18-19H2,1-3H3;1H3,(H,3,4). The lowest BCUT2D eigenvalue weighted by molar-refractivity contribution is -0.134. The van der Waals surface area contributed by atoms with Crippen LogP contribution in [0.2, 0.25) is 0 Å². The Kier molecular flexibility index (Phi) is 10.2. The number of benzene rings is 3. The molecular weight excluding hydrogens is 414 g/mol. The second-order valence-electron chi connectivity index (χ2n) is 7.82. The van der Waals surface area contributed by atoms with E-state index in [0.717, 1.165) is 36.8 Å². The Morgan fingerprint density at radius 3 is 1.85 bits per heavy atom. The molecule has 0 bridgehead atoms. The van der Waals surface area contributed by atoms with Crippen molar-refractivity contribution in [3.8, 4) is 11.5 Å². The predicted octanol–water partition coefficient (Wildman–Crippen LogP) is 5.79. The minimum atomic E-state index is -0.833. The lowest BCUT2D eigenvalue weighted by Crippen LogP contribution is -2.19. The molecule has 5 nitrogen and oxygen atoms in total. The van der Waals surface area contributed by atoms with E-state index in [1.807, 2.05) is 44.4 Å². The summed E-state index contributed by atoms with van der Waals surface area (Å²) in [6.45, 7) is 4.81. The molecule has 0 amide bonds. The van der Waals surface area contributed by atoms with E-state index in [2.05, 4.69) is 48.2 Å². The highest BCUT2D eigenvalue weighted by atomic mass is 16.5. The smallest absolute Gasteiger partial charge is 0.300 e. The number of phenolic OH excluding ortho intramolecular Hbond substituents is 1. The first-order chi connectivity index (χ1) is 15.8. The van der Waals surface area contributed by atoms with Gasteiger partial charge in [0.15, 0.2) is 0 Å². The summed E-state index contributed by atoms with van der Waals surface area (Å²) in [5, 5.41) is 17.2. The van der Waals surface area contributed by atoms with Gasteiger partial charge in [0.05, 0.1) is 0 Å². The Labute approximate surface area is 196 Å². The number of rotatable bonds is 8. The number of likely N-dealkylation sites (N-methyl/N-ethyl adjacent to an activating group) is 1. The van der Waals surface area contributed by atoms with Crippen LogP contribution in [0.1, 0.15) is 37.0 Å². The third-order valence-electron chi connectivity index (χ3n) is 4.88. The van der Waals surface area contributed by atoms with E-state index in [-0.39, 0.29) is 5.75 Å². The molecule has 0 aromatic heterocycles. The first-order valence-electron chi connectivity index (χ1n) is 11.0. The molecule has 0 saturated heterocycles. The highest BCUT2D eigenvalue weighted by Gasteiger charge is 2.13. The van der Waals surface area contributed by atoms with Gasteiger partial charge in [-0.1, -0.05) is 61.5 Å². The number of carbonyl (C=O) groups is 1. The summed E-state index contributed by atoms with van der Waals surface area (Å²) in [5.41, 5.74) is 5.89. The van der Waals surface area contributed by atoms with Crippen LogP contribution in [0.25, 0.3) is 11.1 Å². The van der Waals surface area contributed by atoms with Crippen LogP contribution >= 0.6 is 0 Å². The minimum absolute atomic E-state index is 0.274. The summed E-state index contributed by atoms with van der Waals surface area (Å²) in [6.07, 6.45) is 0.904. The normalized spacial score (nSPS) is 11.3. The van der Waals surface area contributed by atoms with E-state index in [4.69, 9.17) is 14.6 Å². The summed E-state index contributed by atoms with van der Waals surface area (Å²) in [5.74, 6) is 0.314. The molecule has 0 aliphatic heterocycles. The van der Waals surface area contributed by atoms with Gasteiger partial charge in [0.1, 0.15) is 18.1 Å². The molecule has 0 heterocycles. The largest absolute Gasteiger partial charge is 0.508 e. The monoisotopic (exact) mass is 447 g/mol. The number of carboxylic acid groups (broad SMARTS) is 1. The van der Waals surface area contributed by atoms with Crippen LogP contribution in [0.5, 0.6) is 11.5 Å². The number of hydrogen-bond acceptors (Lipinski definition) is 4. The summed E-state index contributed by atoms with van der Waals surface area (Å²) >= 11 is 0. The molecule has 0 atom stereocenters. The zero-order chi connectivity index (χ0) is 24.2. The van der Waals surface area contributed by atoms with Crippen molar-refractivity contribution in [3.05, 3.63) is 95.6 Å². The topological polar surface area (TPSA) is 70.0 Å². The summed E-state index contributed by atoms with van der Waals surface area (Å²) in [7, 11) is 4.08. The molecule has 0 unspecified atom stereocenters. The molecular formula is C28H33NO4. The number of hydrogen-bond donors (Lipinski definition) is 2. The number of allylic oxidation sites excluding steroid dienone is 1. The fourth-order valence-corrected chi connectivity index (χ4v) is 3.37. The van der Waals surface area contributed by atoms with Crippen LogP contribution in [0.15, 0.2) is 78.9 Å². The lowest BCUT2D eigenvalue weighted by Gasteiger charge is -2.17. The van der Waals surface area contributed by atoms with Gasteiger partial charge in [0.2, 0.25) is 0 Å². The van der Waals surface area contributed by atoms with Crippen molar-refractivity contribution in [1.82, 2.24) is 4.90 Å². The predicted molar refractivity (Wildman–Crippen MR) is 135 cm³/mol. The number of phenols is 1. The molecule has 0 fully saturated rings. The minimum Gasteiger partial charge on any atom is -0.508 e. The van der Waals surface area contributed by atoms with Crippen LogP contribution in [0.3, 0.4) is 0 Å². The van der Waals surface area contributed by atoms with Crippen LogP contribution in [-0.2, 0) is 4.79 Å². The van der Waals surface area contributed by atoms with Gasteiger partial charge in [-0.15, -0.1) is 0 Å². The highest BCUT2D eigenvalue weighted by molar-refractivity contribution is 5.98. The van der Waals surface area contributed by atoms with E-state index in [0.29, 0.717) is 6.61 Å². The van der Waals surface area contributed by atoms with Crippen LogP contribution in [0, 0.1) is 0 Å². The van der Waals surface area contributed by atoms with E-state index < -0.39 is 5.97 Å². The number of nitrogens with zero attached hydrogens (tertiary/aromatic N) is 1. The van der Waals surface area contributed by atoms with Crippen LogP contribution < -0.4 is 4.74 Å². The molecule has 0 aliphatic rings. The van der Waals surface area contributed by atoms with Crippen LogP contribution in [0.4, 0.5) is 0 Å². The number of aliphatic carboxylic acids is 1. The summed E-state index contributed by atoms with van der Waals surface area (Å²) in [6, 6.07) is 26.2. The molecule has 0 saturated carbocycles. The molecule has 3 aromatic carbocycles. The quantitative estimate of drug-likeness (QED) is 0.428. The lowest BCUT2D eigenvalue weighted by atomic mass is 9.88. The molecule has 3 rings (SSSR count). The van der Waals surface area contributed by atoms with E-state index >= 15 is 0 Å². The molecule has 33 heavy (non-hydrogen) atoms. The maximum atomic E-state index is 9.74. The molecule has 3 aromatic rings. The van der Waals surface area contributed by atoms with Gasteiger partial charge >= 0.3 is 0 Å². The Balaban J connectivity index is 0.000000890. The third-order valence-corrected chi connectivity index (χ3v) is 4.88. The van der Waals surface area contributed by atoms with E-state index in [1.54, 1.807) is 12.1 Å². The zero-order valence-corrected chi connectivity index (χ0v) is 19.8. The molecule has 0 radical (unpaired) electrons. The van der Waals surface area contributed by atoms with E-state index in [1.165, 1.54) is 16.7 Å². The maximum absolute atomic E-state index is 9.74. The van der Waals surface area contributed by atoms with Gasteiger partial charge in [-0.05, 0) is 72.6 Å². The van der Waals surface area contributed by atoms with Crippen molar-refractivity contribution in [2.45, 2.75) is 20.3 Å². The first kappa shape index (κ1) is 25.7. The van der Waals surface area contributed by atoms with Crippen molar-refractivity contribution in [3.63, 3.8) is 0 Å². The van der Waals surface area contributed by atoms with Crippen molar-refractivity contribution in [2.24, 2.45) is 0 Å². The molecule has 5 heteroatoms. The molecule has 0 aliphatic carbocycles. The first-order valence-corrected chi connectivity index (χ1v) is 11.0. The Hall–Kier alpha value is -3.57. The van der Waals surface area contributed by atoms with Gasteiger partial charge in [0.25, 0.3) is 5.97 Å². The van der Waals surface area contributed by atoms with Crippen molar-refractivity contribution in [1.29, 1.82) is 0 Å². The number of ether oxygens (including phenoxy) is 1. The summed E-state index contributed by atoms with van der Waals surface area (Å²) < 4.78 is 5.85. The van der Waals surface area contributed by atoms with Crippen molar-refractivity contribution < 1.29 is 19.7 Å². The average Bonchev–Trinajstić information content (AvgIpc) is 2.79. The fourth-order valence-electron chi connectivity index (χ4n) is 3.37. The summed E-state index contributed by atoms with van der Waals surface area (Å²) in [4.78, 5) is 11.1. The van der Waals surface area contributed by atoms with Gasteiger partial charge in [-0.25, -0.2) is 0 Å². The molecule has 0 spiro atoms. The Bertz CT molecular complexity index is 1020.